The highest BCUT2D eigenvalue weighted by Gasteiger charge is 2.33. The topological polar surface area (TPSA) is 67.5 Å². The van der Waals surface area contributed by atoms with Crippen LogP contribution in [0.15, 0.2) is 18.2 Å². The van der Waals surface area contributed by atoms with Crippen molar-refractivity contribution in [3.63, 3.8) is 0 Å². The monoisotopic (exact) mass is 414 g/mol. The molecule has 2 aliphatic heterocycles. The highest BCUT2D eigenvalue weighted by molar-refractivity contribution is 6.33. The standard InChI is InChI=1S/C19H26ClFN4O3/c1-14(19(27)22-17-3-2-15(21)12-16(17)20)24-6-4-23(5-7-24)13-18(26)25-8-10-28-11-9-25/h2-3,12,14H,4-11,13H2,1H3,(H,22,27)/p+2/t14-/m1/s1. The van der Waals surface area contributed by atoms with Gasteiger partial charge in [0, 0.05) is 13.1 Å². The summed E-state index contributed by atoms with van der Waals surface area (Å²) in [5.74, 6) is -0.401. The van der Waals surface area contributed by atoms with E-state index in [9.17, 15) is 14.0 Å². The lowest BCUT2D eigenvalue weighted by molar-refractivity contribution is -1.01. The number of piperazine rings is 1. The Morgan fingerprint density at radius 2 is 1.93 bits per heavy atom. The molecule has 0 bridgehead atoms. The van der Waals surface area contributed by atoms with Gasteiger partial charge in [0.1, 0.15) is 32.0 Å². The number of amides is 2. The first-order valence-corrected chi connectivity index (χ1v) is 10.1. The predicted molar refractivity (Wildman–Crippen MR) is 103 cm³/mol. The molecule has 2 heterocycles. The fourth-order valence-corrected chi connectivity index (χ4v) is 3.90. The van der Waals surface area contributed by atoms with Crippen LogP contribution >= 0.6 is 11.6 Å². The van der Waals surface area contributed by atoms with E-state index in [0.29, 0.717) is 38.5 Å². The molecule has 7 nitrogen and oxygen atoms in total. The zero-order valence-electron chi connectivity index (χ0n) is 16.1. The Hall–Kier alpha value is -1.74. The second-order valence-electron chi connectivity index (χ2n) is 7.41. The number of carbonyl (C=O) groups is 2. The van der Waals surface area contributed by atoms with E-state index in [2.05, 4.69) is 5.32 Å². The first-order chi connectivity index (χ1) is 13.4. The minimum absolute atomic E-state index is 0.142. The van der Waals surface area contributed by atoms with Gasteiger partial charge in [-0.15, -0.1) is 0 Å². The van der Waals surface area contributed by atoms with Crippen molar-refractivity contribution in [2.45, 2.75) is 13.0 Å². The Kier molecular flexibility index (Phi) is 7.23. The summed E-state index contributed by atoms with van der Waals surface area (Å²) in [5.41, 5.74) is 0.416. The van der Waals surface area contributed by atoms with Gasteiger partial charge in [-0.1, -0.05) is 11.6 Å². The van der Waals surface area contributed by atoms with Gasteiger partial charge in [-0.3, -0.25) is 9.59 Å². The molecule has 2 amide bonds. The van der Waals surface area contributed by atoms with Crippen LogP contribution in [0.2, 0.25) is 5.02 Å². The van der Waals surface area contributed by atoms with Crippen LogP contribution in [0, 0.1) is 5.82 Å². The lowest BCUT2D eigenvalue weighted by atomic mass is 10.2. The average Bonchev–Trinajstić information content (AvgIpc) is 2.70. The smallest absolute Gasteiger partial charge is 0.282 e. The molecular formula is C19H28ClFN4O3+2. The first kappa shape index (κ1) is 21.0. The number of ether oxygens (including phenoxy) is 1. The molecule has 28 heavy (non-hydrogen) atoms. The first-order valence-electron chi connectivity index (χ1n) is 9.73. The molecule has 3 N–H and O–H groups in total. The van der Waals surface area contributed by atoms with Gasteiger partial charge in [0.15, 0.2) is 12.6 Å². The van der Waals surface area contributed by atoms with Crippen molar-refractivity contribution in [3.05, 3.63) is 29.0 Å². The molecule has 1 aromatic rings. The summed E-state index contributed by atoms with van der Waals surface area (Å²) in [6, 6.07) is 3.67. The molecule has 0 unspecified atom stereocenters. The van der Waals surface area contributed by atoms with Gasteiger partial charge in [-0.2, -0.15) is 0 Å². The summed E-state index contributed by atoms with van der Waals surface area (Å²) in [4.78, 5) is 29.3. The summed E-state index contributed by atoms with van der Waals surface area (Å²) in [7, 11) is 0. The molecule has 2 aliphatic rings. The maximum absolute atomic E-state index is 13.1. The number of anilines is 1. The summed E-state index contributed by atoms with van der Waals surface area (Å²) in [6.45, 7) is 8.29. The van der Waals surface area contributed by atoms with Crippen LogP contribution in [0.3, 0.4) is 0 Å². The molecule has 0 spiro atoms. The Bertz CT molecular complexity index is 706. The van der Waals surface area contributed by atoms with Crippen molar-refractivity contribution in [2.24, 2.45) is 0 Å². The van der Waals surface area contributed by atoms with Gasteiger partial charge in [-0.05, 0) is 25.1 Å². The third kappa shape index (κ3) is 5.41. The Labute approximate surface area is 169 Å². The summed E-state index contributed by atoms with van der Waals surface area (Å²) >= 11 is 5.99. The zero-order valence-corrected chi connectivity index (χ0v) is 16.9. The lowest BCUT2D eigenvalue weighted by Crippen LogP contribution is -3.30. The van der Waals surface area contributed by atoms with Crippen molar-refractivity contribution in [2.75, 3.05) is 64.3 Å². The largest absolute Gasteiger partial charge is 0.378 e. The molecule has 9 heteroatoms. The molecule has 0 aliphatic carbocycles. The number of halogens is 2. The van der Waals surface area contributed by atoms with Gasteiger partial charge in [-0.25, -0.2) is 4.39 Å². The summed E-state index contributed by atoms with van der Waals surface area (Å²) in [5, 5.41) is 2.97. The maximum atomic E-state index is 13.1. The van der Waals surface area contributed by atoms with E-state index in [4.69, 9.17) is 16.3 Å². The highest BCUT2D eigenvalue weighted by Crippen LogP contribution is 2.22. The SMILES string of the molecule is C[C@H](C(=O)Nc1ccc(F)cc1Cl)[NH+]1CC[NH+](CC(=O)N2CCOCC2)CC1. The number of nitrogens with one attached hydrogen (secondary N) is 3. The van der Waals surface area contributed by atoms with Gasteiger partial charge in [0.2, 0.25) is 0 Å². The normalized spacial score (nSPS) is 23.9. The number of rotatable bonds is 5. The molecule has 1 aromatic carbocycles. The zero-order chi connectivity index (χ0) is 20.1. The molecule has 2 saturated heterocycles. The number of hydrogen-bond acceptors (Lipinski definition) is 3. The number of carbonyl (C=O) groups excluding carboxylic acids is 2. The molecule has 154 valence electrons. The van der Waals surface area contributed by atoms with E-state index in [1.807, 2.05) is 11.8 Å². The minimum atomic E-state index is -0.438. The van der Waals surface area contributed by atoms with Crippen molar-refractivity contribution < 1.29 is 28.5 Å². The summed E-state index contributed by atoms with van der Waals surface area (Å²) < 4.78 is 18.4. The van der Waals surface area contributed by atoms with Crippen molar-refractivity contribution in [1.29, 1.82) is 0 Å². The van der Waals surface area contributed by atoms with Crippen LogP contribution in [0.1, 0.15) is 6.92 Å². The third-order valence-electron chi connectivity index (χ3n) is 5.56. The van der Waals surface area contributed by atoms with E-state index in [1.165, 1.54) is 28.0 Å². The van der Waals surface area contributed by atoms with Gasteiger partial charge < -0.3 is 24.8 Å². The molecule has 2 fully saturated rings. The number of benzene rings is 1. The molecule has 0 aromatic heterocycles. The number of hydrogen-bond donors (Lipinski definition) is 3. The molecule has 0 saturated carbocycles. The number of nitrogens with zero attached hydrogens (tertiary/aromatic N) is 1. The van der Waals surface area contributed by atoms with Crippen molar-refractivity contribution >= 4 is 29.1 Å². The van der Waals surface area contributed by atoms with Crippen LogP contribution < -0.4 is 15.1 Å². The fraction of sp³-hybridized carbons (Fsp3) is 0.579. The van der Waals surface area contributed by atoms with E-state index >= 15 is 0 Å². The Morgan fingerprint density at radius 3 is 2.57 bits per heavy atom. The number of quaternary nitrogens is 2. The fourth-order valence-electron chi connectivity index (χ4n) is 3.69. The summed E-state index contributed by atoms with van der Waals surface area (Å²) in [6.07, 6.45) is 0. The predicted octanol–water partition coefficient (Wildman–Crippen LogP) is -1.55. The van der Waals surface area contributed by atoms with E-state index in [0.717, 1.165) is 26.2 Å². The quantitative estimate of drug-likeness (QED) is 0.546. The minimum Gasteiger partial charge on any atom is -0.378 e. The van der Waals surface area contributed by atoms with Crippen LogP contribution in [-0.2, 0) is 14.3 Å². The molecule has 3 rings (SSSR count). The average molecular weight is 415 g/mol. The van der Waals surface area contributed by atoms with E-state index in [1.54, 1.807) is 0 Å². The number of morpholine rings is 1. The van der Waals surface area contributed by atoms with Crippen LogP contribution in [0.4, 0.5) is 10.1 Å². The van der Waals surface area contributed by atoms with Crippen LogP contribution in [-0.4, -0.2) is 81.8 Å². The van der Waals surface area contributed by atoms with Crippen molar-refractivity contribution in [1.82, 2.24) is 4.90 Å². The van der Waals surface area contributed by atoms with E-state index < -0.39 is 5.82 Å². The molecule has 0 radical (unpaired) electrons. The van der Waals surface area contributed by atoms with E-state index in [-0.39, 0.29) is 22.9 Å². The highest BCUT2D eigenvalue weighted by atomic mass is 35.5. The molecule has 1 atom stereocenters. The lowest BCUT2D eigenvalue weighted by Gasteiger charge is -2.34. The maximum Gasteiger partial charge on any atom is 0.282 e. The van der Waals surface area contributed by atoms with Gasteiger partial charge in [0.25, 0.3) is 11.8 Å². The Morgan fingerprint density at radius 1 is 1.25 bits per heavy atom. The van der Waals surface area contributed by atoms with Gasteiger partial charge >= 0.3 is 0 Å². The molecular weight excluding hydrogens is 387 g/mol. The Balaban J connectivity index is 1.45. The second-order valence-corrected chi connectivity index (χ2v) is 7.82. The van der Waals surface area contributed by atoms with Crippen LogP contribution in [0.5, 0.6) is 0 Å². The second kappa shape index (κ2) is 9.65. The van der Waals surface area contributed by atoms with Crippen molar-refractivity contribution in [3.8, 4) is 0 Å². The third-order valence-corrected chi connectivity index (χ3v) is 5.87. The van der Waals surface area contributed by atoms with Gasteiger partial charge in [0.05, 0.1) is 23.9 Å². The van der Waals surface area contributed by atoms with Crippen LogP contribution in [0.25, 0.3) is 0 Å².